The van der Waals surface area contributed by atoms with Gasteiger partial charge in [0.2, 0.25) is 0 Å². The number of carbonyl (C=O) groups excluding carboxylic acids is 3. The second-order valence-electron chi connectivity index (χ2n) is 7.89. The number of benzene rings is 3. The van der Waals surface area contributed by atoms with Crippen LogP contribution in [0.5, 0.6) is 11.5 Å². The molecule has 3 aromatic rings. The van der Waals surface area contributed by atoms with Crippen molar-refractivity contribution in [1.29, 1.82) is 0 Å². The zero-order valence-corrected chi connectivity index (χ0v) is 20.2. The second-order valence-corrected chi connectivity index (χ2v) is 8.30. The molecule has 1 aliphatic rings. The molecule has 0 atom stereocenters. The predicted molar refractivity (Wildman–Crippen MR) is 129 cm³/mol. The molecule has 2 amide bonds. The molecule has 3 aromatic carbocycles. The molecule has 10 heteroatoms. The van der Waals surface area contributed by atoms with Crippen LogP contribution in [0.2, 0.25) is 5.02 Å². The Bertz CT molecular complexity index is 1360. The number of nitrogens with zero attached hydrogens (tertiary/aromatic N) is 1. The molecule has 0 saturated heterocycles. The van der Waals surface area contributed by atoms with Crippen molar-refractivity contribution in [3.8, 4) is 11.5 Å². The molecule has 188 valence electrons. The summed E-state index contributed by atoms with van der Waals surface area (Å²) >= 11 is 6.42. The summed E-state index contributed by atoms with van der Waals surface area (Å²) in [6.07, 6.45) is 0.556. The first-order valence-corrected chi connectivity index (χ1v) is 11.6. The smallest absolute Gasteiger partial charge is 0.387 e. The average Bonchev–Trinajstić information content (AvgIpc) is 3.09. The molecule has 0 saturated carbocycles. The van der Waals surface area contributed by atoms with Crippen LogP contribution in [-0.2, 0) is 16.0 Å². The zero-order valence-electron chi connectivity index (χ0n) is 19.5. The Kier molecular flexibility index (Phi) is 7.40. The Morgan fingerprint density at radius 1 is 1.00 bits per heavy atom. The minimum absolute atomic E-state index is 0.0169. The Morgan fingerprint density at radius 2 is 1.64 bits per heavy atom. The van der Waals surface area contributed by atoms with E-state index in [4.69, 9.17) is 25.8 Å². The first-order valence-electron chi connectivity index (χ1n) is 11.3. The first-order chi connectivity index (χ1) is 17.3. The molecule has 0 N–H and O–H groups in total. The molecule has 0 unspecified atom stereocenters. The van der Waals surface area contributed by atoms with Crippen LogP contribution in [0.4, 0.5) is 14.5 Å². The van der Waals surface area contributed by atoms with E-state index >= 15 is 0 Å². The first kappa shape index (κ1) is 25.4. The standard InChI is InChI=1S/C26H22ClF2NO6/c1-3-11-35-22-15-7-5-6-8-16(15)23(36-26(28)29)21-20(22)24(32)30(25(21)33)18-10-9-14(12-17(18)27)13-19(31)34-4-2/h5-10,12,26H,3-4,11,13H2,1-2H3. The van der Waals surface area contributed by atoms with Crippen LogP contribution in [0.15, 0.2) is 42.5 Å². The van der Waals surface area contributed by atoms with Crippen molar-refractivity contribution in [2.75, 3.05) is 18.1 Å². The Balaban J connectivity index is 1.86. The summed E-state index contributed by atoms with van der Waals surface area (Å²) in [5.41, 5.74) is 0.0495. The third-order valence-electron chi connectivity index (χ3n) is 5.52. The fourth-order valence-corrected chi connectivity index (χ4v) is 4.39. The number of hydrogen-bond donors (Lipinski definition) is 0. The van der Waals surface area contributed by atoms with Gasteiger partial charge < -0.3 is 14.2 Å². The molecule has 4 rings (SSSR count). The molecule has 0 radical (unpaired) electrons. The van der Waals surface area contributed by atoms with E-state index in [0.29, 0.717) is 17.4 Å². The van der Waals surface area contributed by atoms with E-state index in [9.17, 15) is 23.2 Å². The summed E-state index contributed by atoms with van der Waals surface area (Å²) in [5, 5.41) is 0.587. The van der Waals surface area contributed by atoms with Gasteiger partial charge in [-0.1, -0.05) is 48.9 Å². The van der Waals surface area contributed by atoms with Crippen LogP contribution in [0.3, 0.4) is 0 Å². The normalized spacial score (nSPS) is 12.9. The van der Waals surface area contributed by atoms with E-state index in [1.54, 1.807) is 25.1 Å². The van der Waals surface area contributed by atoms with E-state index in [-0.39, 0.29) is 52.6 Å². The third-order valence-corrected chi connectivity index (χ3v) is 5.82. The van der Waals surface area contributed by atoms with Gasteiger partial charge in [0.1, 0.15) is 11.5 Å². The molecule has 0 fully saturated rings. The average molecular weight is 518 g/mol. The third kappa shape index (κ3) is 4.58. The minimum Gasteiger partial charge on any atom is -0.492 e. The lowest BCUT2D eigenvalue weighted by Crippen LogP contribution is -2.30. The second kappa shape index (κ2) is 10.5. The number of ether oxygens (including phenoxy) is 3. The molecule has 1 aliphatic heterocycles. The molecule has 0 aromatic heterocycles. The van der Waals surface area contributed by atoms with Crippen molar-refractivity contribution < 1.29 is 37.4 Å². The van der Waals surface area contributed by atoms with Crippen LogP contribution in [0.1, 0.15) is 46.5 Å². The minimum atomic E-state index is -3.23. The summed E-state index contributed by atoms with van der Waals surface area (Å²) < 4.78 is 42.4. The van der Waals surface area contributed by atoms with Crippen LogP contribution in [0.25, 0.3) is 10.8 Å². The van der Waals surface area contributed by atoms with E-state index in [1.807, 2.05) is 6.92 Å². The lowest BCUT2D eigenvalue weighted by Gasteiger charge is -2.16. The van der Waals surface area contributed by atoms with Gasteiger partial charge >= 0.3 is 12.6 Å². The fraction of sp³-hybridized carbons (Fsp3) is 0.269. The number of fused-ring (bicyclic) bond motifs is 2. The van der Waals surface area contributed by atoms with Gasteiger partial charge in [0, 0.05) is 10.8 Å². The number of alkyl halides is 2. The monoisotopic (exact) mass is 517 g/mol. The number of carbonyl (C=O) groups is 3. The van der Waals surface area contributed by atoms with Crippen molar-refractivity contribution in [2.24, 2.45) is 0 Å². The van der Waals surface area contributed by atoms with E-state index < -0.39 is 30.1 Å². The Hall–Kier alpha value is -3.72. The summed E-state index contributed by atoms with van der Waals surface area (Å²) in [4.78, 5) is 39.8. The lowest BCUT2D eigenvalue weighted by molar-refractivity contribution is -0.142. The highest BCUT2D eigenvalue weighted by atomic mass is 35.5. The maximum absolute atomic E-state index is 13.6. The fourth-order valence-electron chi connectivity index (χ4n) is 4.10. The lowest BCUT2D eigenvalue weighted by atomic mass is 9.99. The highest BCUT2D eigenvalue weighted by Gasteiger charge is 2.44. The van der Waals surface area contributed by atoms with Gasteiger partial charge in [-0.2, -0.15) is 8.78 Å². The number of halogens is 3. The van der Waals surface area contributed by atoms with Crippen LogP contribution >= 0.6 is 11.6 Å². The Labute approximate surface area is 210 Å². The molecule has 0 bridgehead atoms. The zero-order chi connectivity index (χ0) is 26.0. The molecule has 1 heterocycles. The number of rotatable bonds is 9. The van der Waals surface area contributed by atoms with E-state index in [1.165, 1.54) is 24.3 Å². The Morgan fingerprint density at radius 3 is 2.22 bits per heavy atom. The van der Waals surface area contributed by atoms with Crippen LogP contribution < -0.4 is 14.4 Å². The van der Waals surface area contributed by atoms with Crippen molar-refractivity contribution in [3.05, 3.63) is 64.2 Å². The van der Waals surface area contributed by atoms with Crippen LogP contribution in [0, 0.1) is 0 Å². The van der Waals surface area contributed by atoms with Gasteiger partial charge in [-0.05, 0) is 31.0 Å². The quantitative estimate of drug-likeness (QED) is 0.264. The van der Waals surface area contributed by atoms with Gasteiger partial charge in [-0.3, -0.25) is 14.4 Å². The summed E-state index contributed by atoms with van der Waals surface area (Å²) in [5.74, 6) is -2.42. The SMILES string of the molecule is CCCOc1c2c(c(OC(F)F)c3ccccc13)C(=O)N(c1ccc(CC(=O)OCC)cc1Cl)C2=O. The molecular weight excluding hydrogens is 496 g/mol. The number of esters is 1. The summed E-state index contributed by atoms with van der Waals surface area (Å²) in [6.45, 7) is 0.774. The number of anilines is 1. The topological polar surface area (TPSA) is 82.1 Å². The maximum atomic E-state index is 13.6. The van der Waals surface area contributed by atoms with Gasteiger partial charge in [-0.15, -0.1) is 0 Å². The van der Waals surface area contributed by atoms with Crippen molar-refractivity contribution in [3.63, 3.8) is 0 Å². The van der Waals surface area contributed by atoms with Crippen molar-refractivity contribution >= 4 is 45.8 Å². The van der Waals surface area contributed by atoms with Crippen molar-refractivity contribution in [1.82, 2.24) is 0 Å². The predicted octanol–water partition coefficient (Wildman–Crippen LogP) is 5.79. The number of amides is 2. The number of imide groups is 1. The van der Waals surface area contributed by atoms with Crippen molar-refractivity contribution in [2.45, 2.75) is 33.3 Å². The van der Waals surface area contributed by atoms with E-state index in [2.05, 4.69) is 0 Å². The number of hydrogen-bond acceptors (Lipinski definition) is 6. The summed E-state index contributed by atoms with van der Waals surface area (Å²) in [6, 6.07) is 10.8. The molecular formula is C26H22ClF2NO6. The van der Waals surface area contributed by atoms with Gasteiger partial charge in [0.05, 0.1) is 41.5 Å². The van der Waals surface area contributed by atoms with Crippen LogP contribution in [-0.4, -0.2) is 37.6 Å². The maximum Gasteiger partial charge on any atom is 0.387 e. The molecule has 7 nitrogen and oxygen atoms in total. The van der Waals surface area contributed by atoms with Gasteiger partial charge in [0.15, 0.2) is 0 Å². The highest BCUT2D eigenvalue weighted by molar-refractivity contribution is 6.41. The van der Waals surface area contributed by atoms with E-state index in [0.717, 1.165) is 4.90 Å². The van der Waals surface area contributed by atoms with Gasteiger partial charge in [-0.25, -0.2) is 4.90 Å². The molecule has 0 aliphatic carbocycles. The van der Waals surface area contributed by atoms with Gasteiger partial charge in [0.25, 0.3) is 11.8 Å². The largest absolute Gasteiger partial charge is 0.492 e. The molecule has 36 heavy (non-hydrogen) atoms. The molecule has 0 spiro atoms. The summed E-state index contributed by atoms with van der Waals surface area (Å²) in [7, 11) is 0. The highest BCUT2D eigenvalue weighted by Crippen LogP contribution is 2.47.